The highest BCUT2D eigenvalue weighted by Gasteiger charge is 2.09. The molecule has 1 amide bonds. The third-order valence-electron chi connectivity index (χ3n) is 3.77. The van der Waals surface area contributed by atoms with Crippen molar-refractivity contribution in [3.05, 3.63) is 29.6 Å². The first kappa shape index (κ1) is 15.5. The van der Waals surface area contributed by atoms with E-state index in [1.807, 2.05) is 13.0 Å². The van der Waals surface area contributed by atoms with E-state index in [0.717, 1.165) is 29.7 Å². The minimum Gasteiger partial charge on any atom is -0.354 e. The fraction of sp³-hybridized carbons (Fsp3) is 0.529. The van der Waals surface area contributed by atoms with Gasteiger partial charge in [-0.05, 0) is 37.5 Å². The molecule has 0 aliphatic rings. The molecule has 0 radical (unpaired) electrons. The number of nitrogens with one attached hydrogen (secondary N) is 2. The molecule has 2 aromatic rings. The average Bonchev–Trinajstić information content (AvgIpc) is 2.88. The number of imidazole rings is 1. The van der Waals surface area contributed by atoms with Crippen molar-refractivity contribution in [2.45, 2.75) is 58.9 Å². The Balaban J connectivity index is 2.01. The summed E-state index contributed by atoms with van der Waals surface area (Å²) in [6, 6.07) is 6.44. The number of hydrogen-bond acceptors (Lipinski definition) is 2. The minimum absolute atomic E-state index is 0.122. The van der Waals surface area contributed by atoms with Gasteiger partial charge in [0.1, 0.15) is 5.82 Å². The first-order valence-corrected chi connectivity index (χ1v) is 7.77. The summed E-state index contributed by atoms with van der Waals surface area (Å²) in [5, 5.41) is 3.00. The number of amides is 1. The molecule has 21 heavy (non-hydrogen) atoms. The lowest BCUT2D eigenvalue weighted by Gasteiger charge is -2.11. The fourth-order valence-electron chi connectivity index (χ4n) is 2.21. The van der Waals surface area contributed by atoms with E-state index in [4.69, 9.17) is 0 Å². The Bertz CT molecular complexity index is 616. The highest BCUT2D eigenvalue weighted by Crippen LogP contribution is 2.19. The number of hydrogen-bond donors (Lipinski definition) is 2. The molecule has 0 saturated carbocycles. The Labute approximate surface area is 126 Å². The zero-order valence-electron chi connectivity index (χ0n) is 13.4. The van der Waals surface area contributed by atoms with E-state index in [9.17, 15) is 4.79 Å². The van der Waals surface area contributed by atoms with Crippen LogP contribution in [0.5, 0.6) is 0 Å². The van der Waals surface area contributed by atoms with Gasteiger partial charge in [-0.25, -0.2) is 4.98 Å². The van der Waals surface area contributed by atoms with E-state index in [-0.39, 0.29) is 11.9 Å². The minimum atomic E-state index is 0.122. The summed E-state index contributed by atoms with van der Waals surface area (Å²) in [4.78, 5) is 19.7. The average molecular weight is 287 g/mol. The van der Waals surface area contributed by atoms with E-state index < -0.39 is 0 Å². The van der Waals surface area contributed by atoms with Crippen LogP contribution in [0.4, 0.5) is 0 Å². The molecule has 0 aliphatic carbocycles. The SMILES string of the molecule is CC[C@H](C)NC(=O)CCc1ccc2nc(C(C)C)[nH]c2c1. The highest BCUT2D eigenvalue weighted by atomic mass is 16.1. The lowest BCUT2D eigenvalue weighted by atomic mass is 10.1. The number of benzene rings is 1. The smallest absolute Gasteiger partial charge is 0.220 e. The number of aryl methyl sites for hydroxylation is 1. The molecule has 2 N–H and O–H groups in total. The standard InChI is InChI=1S/C17H25N3O/c1-5-12(4)18-16(21)9-7-13-6-8-14-15(10-13)20-17(19-14)11(2)3/h6,8,10-12H,5,7,9H2,1-4H3,(H,18,21)(H,19,20)/t12-/m0/s1. The van der Waals surface area contributed by atoms with Crippen molar-refractivity contribution in [2.24, 2.45) is 0 Å². The van der Waals surface area contributed by atoms with Crippen molar-refractivity contribution >= 4 is 16.9 Å². The number of carbonyl (C=O) groups excluding carboxylic acids is 1. The van der Waals surface area contributed by atoms with Gasteiger partial charge in [0.25, 0.3) is 0 Å². The lowest BCUT2D eigenvalue weighted by molar-refractivity contribution is -0.121. The predicted octanol–water partition coefficient (Wildman–Crippen LogP) is 3.53. The fourth-order valence-corrected chi connectivity index (χ4v) is 2.21. The quantitative estimate of drug-likeness (QED) is 0.854. The number of nitrogens with zero attached hydrogens (tertiary/aromatic N) is 1. The molecule has 1 aromatic carbocycles. The van der Waals surface area contributed by atoms with Crippen molar-refractivity contribution in [1.82, 2.24) is 15.3 Å². The number of fused-ring (bicyclic) bond motifs is 1. The number of carbonyl (C=O) groups is 1. The van der Waals surface area contributed by atoms with Crippen LogP contribution in [-0.4, -0.2) is 21.9 Å². The Morgan fingerprint density at radius 1 is 1.33 bits per heavy atom. The van der Waals surface area contributed by atoms with Crippen LogP contribution >= 0.6 is 0 Å². The van der Waals surface area contributed by atoms with Crippen LogP contribution in [0.25, 0.3) is 11.0 Å². The second kappa shape index (κ2) is 6.74. The van der Waals surface area contributed by atoms with Crippen molar-refractivity contribution in [3.63, 3.8) is 0 Å². The lowest BCUT2D eigenvalue weighted by Crippen LogP contribution is -2.31. The van der Waals surface area contributed by atoms with Crippen LogP contribution in [0.3, 0.4) is 0 Å². The van der Waals surface area contributed by atoms with E-state index in [1.54, 1.807) is 0 Å². The van der Waals surface area contributed by atoms with Gasteiger partial charge in [-0.1, -0.05) is 26.8 Å². The molecular formula is C17H25N3O. The third kappa shape index (κ3) is 4.06. The first-order chi connectivity index (χ1) is 9.99. The monoisotopic (exact) mass is 287 g/mol. The molecule has 4 heteroatoms. The molecule has 0 bridgehead atoms. The third-order valence-corrected chi connectivity index (χ3v) is 3.77. The second-order valence-electron chi connectivity index (χ2n) is 6.01. The van der Waals surface area contributed by atoms with Gasteiger partial charge in [0.2, 0.25) is 5.91 Å². The zero-order valence-corrected chi connectivity index (χ0v) is 13.4. The molecule has 1 atom stereocenters. The Kier molecular flexibility index (Phi) is 4.99. The summed E-state index contributed by atoms with van der Waals surface area (Å²) < 4.78 is 0. The summed E-state index contributed by atoms with van der Waals surface area (Å²) in [6.07, 6.45) is 2.25. The van der Waals surface area contributed by atoms with Crippen molar-refractivity contribution < 1.29 is 4.79 Å². The Hall–Kier alpha value is -1.84. The van der Waals surface area contributed by atoms with Crippen LogP contribution in [0.1, 0.15) is 57.8 Å². The largest absolute Gasteiger partial charge is 0.354 e. The van der Waals surface area contributed by atoms with Crippen LogP contribution < -0.4 is 5.32 Å². The summed E-state index contributed by atoms with van der Waals surface area (Å²) in [7, 11) is 0. The predicted molar refractivity (Wildman–Crippen MR) is 86.4 cm³/mol. The topological polar surface area (TPSA) is 57.8 Å². The van der Waals surface area contributed by atoms with Crippen LogP contribution in [0.15, 0.2) is 18.2 Å². The van der Waals surface area contributed by atoms with Crippen LogP contribution in [0.2, 0.25) is 0 Å². The van der Waals surface area contributed by atoms with Gasteiger partial charge in [-0.15, -0.1) is 0 Å². The molecule has 4 nitrogen and oxygen atoms in total. The Morgan fingerprint density at radius 2 is 2.10 bits per heavy atom. The maximum Gasteiger partial charge on any atom is 0.220 e. The molecule has 0 aliphatic heterocycles. The highest BCUT2D eigenvalue weighted by molar-refractivity contribution is 5.78. The van der Waals surface area contributed by atoms with Crippen molar-refractivity contribution in [2.75, 3.05) is 0 Å². The van der Waals surface area contributed by atoms with Crippen LogP contribution in [0, 0.1) is 0 Å². The van der Waals surface area contributed by atoms with Crippen molar-refractivity contribution in [3.8, 4) is 0 Å². The first-order valence-electron chi connectivity index (χ1n) is 7.77. The molecule has 2 rings (SSSR count). The molecule has 114 valence electrons. The van der Waals surface area contributed by atoms with Crippen LogP contribution in [-0.2, 0) is 11.2 Å². The second-order valence-corrected chi connectivity index (χ2v) is 6.01. The van der Waals surface area contributed by atoms with E-state index in [2.05, 4.69) is 48.2 Å². The molecule has 0 spiro atoms. The number of H-pyrrole nitrogens is 1. The molecule has 0 fully saturated rings. The van der Waals surface area contributed by atoms with Gasteiger partial charge in [-0.2, -0.15) is 0 Å². The van der Waals surface area contributed by atoms with Gasteiger partial charge in [-0.3, -0.25) is 4.79 Å². The number of aromatic nitrogens is 2. The van der Waals surface area contributed by atoms with E-state index in [1.165, 1.54) is 5.56 Å². The summed E-state index contributed by atoms with van der Waals surface area (Å²) in [6.45, 7) is 8.35. The van der Waals surface area contributed by atoms with Gasteiger partial charge in [0, 0.05) is 18.4 Å². The summed E-state index contributed by atoms with van der Waals surface area (Å²) in [5.41, 5.74) is 3.21. The molecule has 0 unspecified atom stereocenters. The maximum atomic E-state index is 11.8. The van der Waals surface area contributed by atoms with E-state index in [0.29, 0.717) is 12.3 Å². The van der Waals surface area contributed by atoms with Gasteiger partial charge >= 0.3 is 0 Å². The Morgan fingerprint density at radius 3 is 2.76 bits per heavy atom. The van der Waals surface area contributed by atoms with Crippen molar-refractivity contribution in [1.29, 1.82) is 0 Å². The summed E-state index contributed by atoms with van der Waals surface area (Å²) in [5.74, 6) is 1.52. The van der Waals surface area contributed by atoms with Gasteiger partial charge in [0.05, 0.1) is 11.0 Å². The molecular weight excluding hydrogens is 262 g/mol. The molecule has 1 heterocycles. The molecule has 1 aromatic heterocycles. The summed E-state index contributed by atoms with van der Waals surface area (Å²) >= 11 is 0. The normalized spacial score (nSPS) is 12.8. The van der Waals surface area contributed by atoms with Gasteiger partial charge < -0.3 is 10.3 Å². The number of rotatable bonds is 6. The number of aromatic amines is 1. The zero-order chi connectivity index (χ0) is 15.4. The van der Waals surface area contributed by atoms with E-state index >= 15 is 0 Å². The maximum absolute atomic E-state index is 11.8. The van der Waals surface area contributed by atoms with Gasteiger partial charge in [0.15, 0.2) is 0 Å². The molecule has 0 saturated heterocycles.